The Bertz CT molecular complexity index is 652. The number of likely N-dealkylation sites (tertiary alicyclic amines) is 1. The molecule has 0 bridgehead atoms. The molecule has 4 rings (SSSR count). The molecule has 150 valence electrons. The van der Waals surface area contributed by atoms with Gasteiger partial charge in [0.2, 0.25) is 0 Å². The monoisotopic (exact) mass is 503 g/mol. The molecular formula is C21H31ClIN3O. The molecular weight excluding hydrogens is 473 g/mol. The van der Waals surface area contributed by atoms with Crippen LogP contribution in [0.1, 0.15) is 44.1 Å². The highest BCUT2D eigenvalue weighted by Gasteiger charge is 2.43. The third-order valence-corrected chi connectivity index (χ3v) is 6.99. The summed E-state index contributed by atoms with van der Waals surface area (Å²) in [7, 11) is 1.90. The summed E-state index contributed by atoms with van der Waals surface area (Å²) in [6.07, 6.45) is 7.47. The first-order chi connectivity index (χ1) is 12.6. The second-order valence-electron chi connectivity index (χ2n) is 8.37. The summed E-state index contributed by atoms with van der Waals surface area (Å²) in [5.74, 6) is 1.05. The molecule has 27 heavy (non-hydrogen) atoms. The summed E-state index contributed by atoms with van der Waals surface area (Å²) >= 11 is 6.11. The van der Waals surface area contributed by atoms with Gasteiger partial charge >= 0.3 is 0 Å². The van der Waals surface area contributed by atoms with Crippen LogP contribution in [0, 0.1) is 5.41 Å². The van der Waals surface area contributed by atoms with Crippen LogP contribution in [0.25, 0.3) is 0 Å². The predicted octanol–water partition coefficient (Wildman–Crippen LogP) is 4.46. The molecule has 2 heterocycles. The lowest BCUT2D eigenvalue weighted by molar-refractivity contribution is 0.156. The van der Waals surface area contributed by atoms with Gasteiger partial charge in [-0.1, -0.05) is 36.6 Å². The molecule has 1 aromatic rings. The molecule has 0 amide bonds. The fourth-order valence-electron chi connectivity index (χ4n) is 5.09. The summed E-state index contributed by atoms with van der Waals surface area (Å²) < 4.78 is 5.67. The number of benzene rings is 1. The molecule has 1 N–H and O–H groups in total. The maximum Gasteiger partial charge on any atom is 0.193 e. The van der Waals surface area contributed by atoms with Crippen LogP contribution in [0.3, 0.4) is 0 Å². The molecule has 1 atom stereocenters. The molecule has 4 nitrogen and oxygen atoms in total. The quantitative estimate of drug-likeness (QED) is 0.376. The van der Waals surface area contributed by atoms with Gasteiger partial charge in [-0.3, -0.25) is 4.99 Å². The normalized spacial score (nSPS) is 27.2. The summed E-state index contributed by atoms with van der Waals surface area (Å²) in [6, 6.07) is 8.46. The summed E-state index contributed by atoms with van der Waals surface area (Å²) in [4.78, 5) is 7.02. The first-order valence-electron chi connectivity index (χ1n) is 9.94. The molecule has 1 saturated carbocycles. The van der Waals surface area contributed by atoms with Gasteiger partial charge in [0.1, 0.15) is 0 Å². The van der Waals surface area contributed by atoms with Gasteiger partial charge in [0.05, 0.1) is 6.61 Å². The van der Waals surface area contributed by atoms with E-state index in [2.05, 4.69) is 27.3 Å². The highest BCUT2D eigenvalue weighted by molar-refractivity contribution is 14.0. The second kappa shape index (κ2) is 8.87. The number of aliphatic imine (C=N–C) groups is 1. The Morgan fingerprint density at radius 1 is 1.19 bits per heavy atom. The van der Waals surface area contributed by atoms with Crippen LogP contribution < -0.4 is 5.32 Å². The highest BCUT2D eigenvalue weighted by atomic mass is 127. The highest BCUT2D eigenvalue weighted by Crippen LogP contribution is 2.41. The standard InChI is InChI=1S/C21H30ClN3O.HI/c1-23-19(25-12-10-20(15-25)11-13-26-16-20)24-14-21(8-2-3-9-21)17-4-6-18(22)7-5-17;/h4-7H,2-3,8-16H2,1H3,(H,23,24);1H. The lowest BCUT2D eigenvalue weighted by atomic mass is 9.79. The maximum atomic E-state index is 6.11. The number of hydrogen-bond donors (Lipinski definition) is 1. The Hall–Kier alpha value is -0.530. The minimum absolute atomic E-state index is 0. The van der Waals surface area contributed by atoms with Crippen molar-refractivity contribution in [1.29, 1.82) is 0 Å². The fourth-order valence-corrected chi connectivity index (χ4v) is 5.22. The van der Waals surface area contributed by atoms with Crippen molar-refractivity contribution < 1.29 is 4.74 Å². The lowest BCUT2D eigenvalue weighted by Gasteiger charge is -2.33. The van der Waals surface area contributed by atoms with E-state index < -0.39 is 0 Å². The van der Waals surface area contributed by atoms with E-state index in [-0.39, 0.29) is 29.4 Å². The van der Waals surface area contributed by atoms with Crippen LogP contribution in [0.4, 0.5) is 0 Å². The third-order valence-electron chi connectivity index (χ3n) is 6.74. The molecule has 0 aromatic heterocycles. The SMILES string of the molecule is CN=C(NCC1(c2ccc(Cl)cc2)CCCC1)N1CCC2(CCOC2)C1.I. The van der Waals surface area contributed by atoms with Gasteiger partial charge in [-0.2, -0.15) is 0 Å². The molecule has 1 unspecified atom stereocenters. The Labute approximate surface area is 185 Å². The van der Waals surface area contributed by atoms with E-state index in [1.807, 2.05) is 19.2 Å². The van der Waals surface area contributed by atoms with E-state index in [1.54, 1.807) is 0 Å². The first kappa shape index (κ1) is 21.2. The van der Waals surface area contributed by atoms with Crippen molar-refractivity contribution in [3.63, 3.8) is 0 Å². The fraction of sp³-hybridized carbons (Fsp3) is 0.667. The number of hydrogen-bond acceptors (Lipinski definition) is 2. The zero-order valence-electron chi connectivity index (χ0n) is 16.2. The summed E-state index contributed by atoms with van der Waals surface area (Å²) in [5, 5.41) is 4.53. The number of nitrogens with one attached hydrogen (secondary N) is 1. The molecule has 1 aliphatic carbocycles. The molecule has 3 aliphatic rings. The zero-order chi connectivity index (χ0) is 18.0. The van der Waals surface area contributed by atoms with Crippen LogP contribution in [-0.4, -0.2) is 50.8 Å². The molecule has 6 heteroatoms. The summed E-state index contributed by atoms with van der Waals surface area (Å²) in [6.45, 7) is 4.92. The van der Waals surface area contributed by atoms with Crippen LogP contribution in [0.2, 0.25) is 5.02 Å². The molecule has 2 aliphatic heterocycles. The largest absolute Gasteiger partial charge is 0.381 e. The van der Waals surface area contributed by atoms with Crippen LogP contribution in [-0.2, 0) is 10.2 Å². The molecule has 1 aromatic carbocycles. The number of halogens is 2. The zero-order valence-corrected chi connectivity index (χ0v) is 19.3. The van der Waals surface area contributed by atoms with Crippen molar-refractivity contribution in [2.75, 3.05) is 39.9 Å². The average Bonchev–Trinajstić information content (AvgIpc) is 3.40. The molecule has 1 spiro atoms. The number of nitrogens with zero attached hydrogens (tertiary/aromatic N) is 2. The first-order valence-corrected chi connectivity index (χ1v) is 10.3. The van der Waals surface area contributed by atoms with E-state index in [0.717, 1.165) is 43.8 Å². The van der Waals surface area contributed by atoms with Gasteiger partial charge in [-0.15, -0.1) is 24.0 Å². The van der Waals surface area contributed by atoms with E-state index in [1.165, 1.54) is 44.1 Å². The Balaban J connectivity index is 0.00000210. The Kier molecular flexibility index (Phi) is 6.96. The van der Waals surface area contributed by atoms with E-state index in [4.69, 9.17) is 16.3 Å². The number of guanidine groups is 1. The third kappa shape index (κ3) is 4.40. The average molecular weight is 504 g/mol. The van der Waals surface area contributed by atoms with Gasteiger partial charge < -0.3 is 15.0 Å². The molecule has 3 fully saturated rings. The number of ether oxygens (including phenoxy) is 1. The Morgan fingerprint density at radius 3 is 2.56 bits per heavy atom. The second-order valence-corrected chi connectivity index (χ2v) is 8.81. The molecule has 2 saturated heterocycles. The lowest BCUT2D eigenvalue weighted by Crippen LogP contribution is -2.46. The minimum atomic E-state index is 0. The minimum Gasteiger partial charge on any atom is -0.381 e. The van der Waals surface area contributed by atoms with Crippen LogP contribution in [0.5, 0.6) is 0 Å². The maximum absolute atomic E-state index is 6.11. The van der Waals surface area contributed by atoms with Gasteiger partial charge in [0, 0.05) is 49.1 Å². The van der Waals surface area contributed by atoms with Crippen molar-refractivity contribution >= 4 is 41.5 Å². The van der Waals surface area contributed by atoms with Crippen molar-refractivity contribution in [3.05, 3.63) is 34.9 Å². The predicted molar refractivity (Wildman–Crippen MR) is 122 cm³/mol. The number of rotatable bonds is 3. The summed E-state index contributed by atoms with van der Waals surface area (Å²) in [5.41, 5.74) is 1.97. The molecule has 0 radical (unpaired) electrons. The Morgan fingerprint density at radius 2 is 1.93 bits per heavy atom. The van der Waals surface area contributed by atoms with Crippen molar-refractivity contribution in [3.8, 4) is 0 Å². The van der Waals surface area contributed by atoms with Crippen molar-refractivity contribution in [2.45, 2.75) is 43.9 Å². The van der Waals surface area contributed by atoms with Gasteiger partial charge in [0.25, 0.3) is 0 Å². The van der Waals surface area contributed by atoms with Crippen LogP contribution in [0.15, 0.2) is 29.3 Å². The van der Waals surface area contributed by atoms with Gasteiger partial charge in [-0.25, -0.2) is 0 Å². The smallest absolute Gasteiger partial charge is 0.193 e. The van der Waals surface area contributed by atoms with E-state index in [0.29, 0.717) is 5.41 Å². The topological polar surface area (TPSA) is 36.9 Å². The van der Waals surface area contributed by atoms with E-state index >= 15 is 0 Å². The van der Waals surface area contributed by atoms with Crippen molar-refractivity contribution in [1.82, 2.24) is 10.2 Å². The van der Waals surface area contributed by atoms with Gasteiger partial charge in [-0.05, 0) is 43.4 Å². The van der Waals surface area contributed by atoms with Gasteiger partial charge in [0.15, 0.2) is 5.96 Å². The van der Waals surface area contributed by atoms with E-state index in [9.17, 15) is 0 Å². The van der Waals surface area contributed by atoms with Crippen molar-refractivity contribution in [2.24, 2.45) is 10.4 Å². The van der Waals surface area contributed by atoms with Crippen LogP contribution >= 0.6 is 35.6 Å².